The van der Waals surface area contributed by atoms with Crippen LogP contribution in [0.2, 0.25) is 0 Å². The first kappa shape index (κ1) is 11.5. The van der Waals surface area contributed by atoms with Crippen molar-refractivity contribution in [2.24, 2.45) is 5.73 Å². The summed E-state index contributed by atoms with van der Waals surface area (Å²) in [5.74, 6) is 0.881. The number of rotatable bonds is 3. The Labute approximate surface area is 93.6 Å². The molecule has 1 aromatic carbocycles. The topological polar surface area (TPSA) is 35.2 Å². The molecule has 1 aromatic rings. The molecule has 3 heteroatoms. The monoisotopic (exact) mass is 257 g/mol. The maximum Gasteiger partial charge on any atom is 0.136 e. The summed E-state index contributed by atoms with van der Waals surface area (Å²) in [6, 6.07) is 6.00. The fourth-order valence-electron chi connectivity index (χ4n) is 1.41. The van der Waals surface area contributed by atoms with Crippen molar-refractivity contribution in [1.29, 1.82) is 0 Å². The van der Waals surface area contributed by atoms with Gasteiger partial charge in [-0.25, -0.2) is 0 Å². The average molecular weight is 258 g/mol. The second kappa shape index (κ2) is 4.32. The molecule has 78 valence electrons. The first-order chi connectivity index (χ1) is 6.44. The van der Waals surface area contributed by atoms with Crippen molar-refractivity contribution in [3.05, 3.63) is 28.2 Å². The minimum atomic E-state index is -0.214. The number of benzene rings is 1. The average Bonchev–Trinajstić information content (AvgIpc) is 2.01. The third-order valence-corrected chi connectivity index (χ3v) is 2.52. The van der Waals surface area contributed by atoms with Crippen molar-refractivity contribution >= 4 is 15.9 Å². The van der Waals surface area contributed by atoms with E-state index in [2.05, 4.69) is 15.9 Å². The summed E-state index contributed by atoms with van der Waals surface area (Å²) >= 11 is 3.45. The Hall–Kier alpha value is -0.540. The molecule has 0 atom stereocenters. The summed E-state index contributed by atoms with van der Waals surface area (Å²) in [5.41, 5.74) is 6.89. The molecule has 0 bridgehead atoms. The van der Waals surface area contributed by atoms with E-state index < -0.39 is 0 Å². The molecule has 2 N–H and O–H groups in total. The molecule has 0 heterocycles. The minimum Gasteiger partial charge on any atom is -0.495 e. The van der Waals surface area contributed by atoms with Crippen molar-refractivity contribution in [1.82, 2.24) is 0 Å². The lowest BCUT2D eigenvalue weighted by Crippen LogP contribution is -2.34. The minimum absolute atomic E-state index is 0.214. The van der Waals surface area contributed by atoms with Gasteiger partial charge in [0.25, 0.3) is 0 Å². The lowest BCUT2D eigenvalue weighted by molar-refractivity contribution is 0.400. The van der Waals surface area contributed by atoms with Gasteiger partial charge < -0.3 is 10.5 Å². The molecule has 0 saturated heterocycles. The van der Waals surface area contributed by atoms with Crippen LogP contribution in [0.3, 0.4) is 0 Å². The zero-order valence-electron chi connectivity index (χ0n) is 8.80. The Morgan fingerprint density at radius 3 is 2.57 bits per heavy atom. The number of nitrogens with two attached hydrogens (primary N) is 1. The van der Waals surface area contributed by atoms with E-state index in [9.17, 15) is 0 Å². The number of hydrogen-bond acceptors (Lipinski definition) is 2. The molecule has 0 aliphatic rings. The van der Waals surface area contributed by atoms with Gasteiger partial charge in [-0.15, -0.1) is 0 Å². The van der Waals surface area contributed by atoms with Gasteiger partial charge in [0.05, 0.1) is 11.6 Å². The first-order valence-electron chi connectivity index (χ1n) is 4.54. The van der Waals surface area contributed by atoms with Crippen LogP contribution in [0.15, 0.2) is 22.7 Å². The number of methoxy groups -OCH3 is 1. The summed E-state index contributed by atoms with van der Waals surface area (Å²) in [6.45, 7) is 4.01. The number of hydrogen-bond donors (Lipinski definition) is 1. The summed E-state index contributed by atoms with van der Waals surface area (Å²) in [5, 5.41) is 0. The molecule has 0 aromatic heterocycles. The van der Waals surface area contributed by atoms with Gasteiger partial charge >= 0.3 is 0 Å². The zero-order chi connectivity index (χ0) is 10.8. The van der Waals surface area contributed by atoms with E-state index in [1.54, 1.807) is 7.11 Å². The lowest BCUT2D eigenvalue weighted by atomic mass is 9.96. The molecule has 14 heavy (non-hydrogen) atoms. The molecular weight excluding hydrogens is 242 g/mol. The third kappa shape index (κ3) is 3.00. The summed E-state index contributed by atoms with van der Waals surface area (Å²) in [4.78, 5) is 0. The van der Waals surface area contributed by atoms with Gasteiger partial charge in [-0.1, -0.05) is 12.1 Å². The van der Waals surface area contributed by atoms with Crippen LogP contribution >= 0.6 is 15.9 Å². The van der Waals surface area contributed by atoms with Crippen LogP contribution in [0.4, 0.5) is 0 Å². The first-order valence-corrected chi connectivity index (χ1v) is 5.33. The van der Waals surface area contributed by atoms with Gasteiger partial charge in [-0.3, -0.25) is 0 Å². The largest absolute Gasteiger partial charge is 0.495 e. The molecule has 2 nitrogen and oxygen atoms in total. The molecule has 0 fully saturated rings. The van der Waals surface area contributed by atoms with E-state index >= 15 is 0 Å². The molecule has 0 unspecified atom stereocenters. The maximum absolute atomic E-state index is 5.97. The van der Waals surface area contributed by atoms with Crippen LogP contribution in [-0.2, 0) is 6.42 Å². The van der Waals surface area contributed by atoms with Crippen molar-refractivity contribution in [3.8, 4) is 5.75 Å². The number of para-hydroxylation sites is 1. The van der Waals surface area contributed by atoms with E-state index in [4.69, 9.17) is 10.5 Å². The van der Waals surface area contributed by atoms with Gasteiger partial charge in [0, 0.05) is 5.54 Å². The second-order valence-corrected chi connectivity index (χ2v) is 4.95. The fourth-order valence-corrected chi connectivity index (χ4v) is 1.98. The van der Waals surface area contributed by atoms with Gasteiger partial charge in [0.15, 0.2) is 0 Å². The molecule has 0 aliphatic carbocycles. The van der Waals surface area contributed by atoms with Crippen molar-refractivity contribution < 1.29 is 4.74 Å². The fraction of sp³-hybridized carbons (Fsp3) is 0.455. The lowest BCUT2D eigenvalue weighted by Gasteiger charge is -2.20. The quantitative estimate of drug-likeness (QED) is 0.904. The molecule has 0 radical (unpaired) electrons. The Kier molecular flexibility index (Phi) is 3.56. The predicted octanol–water partition coefficient (Wildman–Crippen LogP) is 2.74. The van der Waals surface area contributed by atoms with Gasteiger partial charge in [-0.05, 0) is 47.8 Å². The summed E-state index contributed by atoms with van der Waals surface area (Å²) in [7, 11) is 1.67. The highest BCUT2D eigenvalue weighted by atomic mass is 79.9. The Bertz CT molecular complexity index is 318. The molecule has 0 aliphatic heterocycles. The van der Waals surface area contributed by atoms with Crippen LogP contribution in [0.1, 0.15) is 19.4 Å². The van der Waals surface area contributed by atoms with Crippen molar-refractivity contribution in [3.63, 3.8) is 0 Å². The van der Waals surface area contributed by atoms with E-state index in [1.165, 1.54) is 0 Å². The Morgan fingerprint density at radius 2 is 2.07 bits per heavy atom. The maximum atomic E-state index is 5.97. The van der Waals surface area contributed by atoms with E-state index in [0.717, 1.165) is 22.2 Å². The van der Waals surface area contributed by atoms with Crippen LogP contribution < -0.4 is 10.5 Å². The third-order valence-electron chi connectivity index (χ3n) is 1.90. The predicted molar refractivity (Wildman–Crippen MR) is 62.7 cm³/mol. The standard InChI is InChI=1S/C11H16BrNO/c1-11(2,13)7-8-5-4-6-9(12)10(8)14-3/h4-6H,7,13H2,1-3H3. The molecular formula is C11H16BrNO. The van der Waals surface area contributed by atoms with Crippen LogP contribution in [0.25, 0.3) is 0 Å². The van der Waals surface area contributed by atoms with E-state index in [1.807, 2.05) is 32.0 Å². The van der Waals surface area contributed by atoms with Gasteiger partial charge in [0.2, 0.25) is 0 Å². The second-order valence-electron chi connectivity index (χ2n) is 4.10. The van der Waals surface area contributed by atoms with Crippen molar-refractivity contribution in [2.45, 2.75) is 25.8 Å². The highest BCUT2D eigenvalue weighted by Gasteiger charge is 2.15. The van der Waals surface area contributed by atoms with Crippen molar-refractivity contribution in [2.75, 3.05) is 7.11 Å². The molecule has 0 amide bonds. The van der Waals surface area contributed by atoms with Crippen LogP contribution in [0, 0.1) is 0 Å². The number of halogens is 1. The highest BCUT2D eigenvalue weighted by molar-refractivity contribution is 9.10. The Morgan fingerprint density at radius 1 is 1.43 bits per heavy atom. The molecule has 0 saturated carbocycles. The van der Waals surface area contributed by atoms with Gasteiger partial charge in [-0.2, -0.15) is 0 Å². The summed E-state index contributed by atoms with van der Waals surface area (Å²) in [6.07, 6.45) is 0.801. The highest BCUT2D eigenvalue weighted by Crippen LogP contribution is 2.30. The van der Waals surface area contributed by atoms with Crippen LogP contribution in [-0.4, -0.2) is 12.6 Å². The smallest absolute Gasteiger partial charge is 0.136 e. The molecule has 0 spiro atoms. The van der Waals surface area contributed by atoms with Crippen LogP contribution in [0.5, 0.6) is 5.75 Å². The SMILES string of the molecule is COc1c(Br)cccc1CC(C)(C)N. The molecule has 1 rings (SSSR count). The van der Waals surface area contributed by atoms with E-state index in [0.29, 0.717) is 0 Å². The van der Waals surface area contributed by atoms with E-state index in [-0.39, 0.29) is 5.54 Å². The Balaban J connectivity index is 3.02. The number of ether oxygens (including phenoxy) is 1. The zero-order valence-corrected chi connectivity index (χ0v) is 10.4. The summed E-state index contributed by atoms with van der Waals surface area (Å²) < 4.78 is 6.29. The normalized spacial score (nSPS) is 11.5. The van der Waals surface area contributed by atoms with Gasteiger partial charge in [0.1, 0.15) is 5.75 Å².